The monoisotopic (exact) mass is 609 g/mol. The fraction of sp³-hybridized carbons (Fsp3) is 0.536. The molecule has 0 spiro atoms. The number of amides is 5. The largest absolute Gasteiger partial charge is 0.461 e. The molecule has 0 aromatic heterocycles. The summed E-state index contributed by atoms with van der Waals surface area (Å²) in [5.41, 5.74) is 6.28. The number of rotatable bonds is 19. The zero-order valence-electron chi connectivity index (χ0n) is 24.4. The van der Waals surface area contributed by atoms with Gasteiger partial charge in [0.25, 0.3) is 0 Å². The molecule has 0 aliphatic carbocycles. The Hall–Kier alpha value is -3.94. The van der Waals surface area contributed by atoms with E-state index in [1.165, 1.54) is 6.92 Å². The van der Waals surface area contributed by atoms with Gasteiger partial charge in [0.05, 0.1) is 5.75 Å². The van der Waals surface area contributed by atoms with E-state index in [9.17, 15) is 32.4 Å². The van der Waals surface area contributed by atoms with E-state index in [0.29, 0.717) is 31.4 Å². The molecule has 1 aromatic carbocycles. The summed E-state index contributed by atoms with van der Waals surface area (Å²) >= 11 is 0. The van der Waals surface area contributed by atoms with Crippen LogP contribution in [0.1, 0.15) is 64.9 Å². The number of benzene rings is 1. The Morgan fingerprint density at radius 1 is 0.976 bits per heavy atom. The highest BCUT2D eigenvalue weighted by molar-refractivity contribution is 7.94. The molecular weight excluding hydrogens is 566 g/mol. The summed E-state index contributed by atoms with van der Waals surface area (Å²) in [6.07, 6.45) is 1.98. The molecule has 0 saturated carbocycles. The van der Waals surface area contributed by atoms with Gasteiger partial charge >= 0.3 is 12.0 Å². The highest BCUT2D eigenvalue weighted by Crippen LogP contribution is 2.13. The van der Waals surface area contributed by atoms with E-state index in [1.807, 2.05) is 0 Å². The maximum atomic E-state index is 13.2. The van der Waals surface area contributed by atoms with Crippen LogP contribution >= 0.6 is 0 Å². The van der Waals surface area contributed by atoms with Crippen molar-refractivity contribution in [2.24, 2.45) is 11.7 Å². The summed E-state index contributed by atoms with van der Waals surface area (Å²) in [6.45, 7) is 8.37. The highest BCUT2D eigenvalue weighted by Gasteiger charge is 2.28. The van der Waals surface area contributed by atoms with Gasteiger partial charge in [0.15, 0.2) is 9.84 Å². The maximum absolute atomic E-state index is 13.2. The zero-order chi connectivity index (χ0) is 31.7. The SMILES string of the molecule is C=CS(=O)(=O)CCCCCC(=O)N[C@H](C(=O)N[C@@H](CCCNC(N)=O)C(=O)Nc1ccc(COC(C)=O)cc1)C(C)C. The van der Waals surface area contributed by atoms with Gasteiger partial charge < -0.3 is 31.7 Å². The zero-order valence-corrected chi connectivity index (χ0v) is 25.3. The van der Waals surface area contributed by atoms with Gasteiger partial charge in [-0.15, -0.1) is 0 Å². The maximum Gasteiger partial charge on any atom is 0.312 e. The molecule has 0 bridgehead atoms. The quantitative estimate of drug-likeness (QED) is 0.115. The lowest BCUT2D eigenvalue weighted by molar-refractivity contribution is -0.142. The number of urea groups is 1. The van der Waals surface area contributed by atoms with Gasteiger partial charge in [-0.3, -0.25) is 19.2 Å². The third-order valence-electron chi connectivity index (χ3n) is 6.12. The van der Waals surface area contributed by atoms with Gasteiger partial charge in [0.1, 0.15) is 18.7 Å². The van der Waals surface area contributed by atoms with E-state index in [4.69, 9.17) is 10.5 Å². The molecule has 5 amide bonds. The minimum atomic E-state index is -3.29. The molecule has 0 heterocycles. The molecule has 1 aromatic rings. The molecule has 234 valence electrons. The fourth-order valence-electron chi connectivity index (χ4n) is 3.78. The molecule has 0 unspecified atom stereocenters. The average Bonchev–Trinajstić information content (AvgIpc) is 2.92. The Bertz CT molecular complexity index is 1190. The van der Waals surface area contributed by atoms with E-state index >= 15 is 0 Å². The Morgan fingerprint density at radius 3 is 2.21 bits per heavy atom. The standard InChI is InChI=1S/C28H43N5O8S/c1-5-42(39,40)17-8-6-7-11-24(35)33-25(19(2)3)27(37)32-23(10-9-16-30-28(29)38)26(36)31-22-14-12-21(13-15-22)18-41-20(4)34/h5,12-15,19,23,25H,1,6-11,16-18H2,2-4H3,(H,31,36)(H,32,37)(H,33,35)(H3,29,30,38)/t23-,25-/m0/s1. The first-order chi connectivity index (χ1) is 19.7. The number of anilines is 1. The number of unbranched alkanes of at least 4 members (excludes halogenated alkanes) is 2. The van der Waals surface area contributed by atoms with Crippen molar-refractivity contribution >= 4 is 45.2 Å². The third kappa shape index (κ3) is 15.2. The predicted octanol–water partition coefficient (Wildman–Crippen LogP) is 1.88. The van der Waals surface area contributed by atoms with Crippen LogP contribution in [-0.4, -0.2) is 62.5 Å². The van der Waals surface area contributed by atoms with Crippen LogP contribution in [-0.2, 0) is 40.4 Å². The van der Waals surface area contributed by atoms with Crippen molar-refractivity contribution in [3.8, 4) is 0 Å². The molecule has 6 N–H and O–H groups in total. The van der Waals surface area contributed by atoms with Gasteiger partial charge in [-0.05, 0) is 49.3 Å². The molecule has 0 aliphatic heterocycles. The number of hydrogen-bond donors (Lipinski definition) is 5. The summed E-state index contributed by atoms with van der Waals surface area (Å²) in [4.78, 5) is 60.9. The summed E-state index contributed by atoms with van der Waals surface area (Å²) in [5, 5.41) is 11.5. The van der Waals surface area contributed by atoms with Crippen molar-refractivity contribution < 1.29 is 37.1 Å². The Balaban J connectivity index is 2.82. The number of carbonyl (C=O) groups excluding carboxylic acids is 5. The van der Waals surface area contributed by atoms with Crippen LogP contribution in [0.4, 0.5) is 10.5 Å². The van der Waals surface area contributed by atoms with E-state index < -0.39 is 45.7 Å². The Kier molecular flexibility index (Phi) is 15.9. The number of nitrogens with two attached hydrogens (primary N) is 1. The average molecular weight is 610 g/mol. The molecule has 0 fully saturated rings. The molecule has 0 radical (unpaired) electrons. The Labute approximate surface area is 247 Å². The van der Waals surface area contributed by atoms with Gasteiger partial charge in [-0.25, -0.2) is 13.2 Å². The van der Waals surface area contributed by atoms with Crippen LogP contribution in [0.2, 0.25) is 0 Å². The van der Waals surface area contributed by atoms with Gasteiger partial charge in [-0.2, -0.15) is 0 Å². The summed E-state index contributed by atoms with van der Waals surface area (Å²) in [5.74, 6) is -2.16. The molecule has 42 heavy (non-hydrogen) atoms. The summed E-state index contributed by atoms with van der Waals surface area (Å²) in [6, 6.07) is 4.02. The number of sulfone groups is 1. The number of primary amides is 1. The topological polar surface area (TPSA) is 203 Å². The first-order valence-corrected chi connectivity index (χ1v) is 15.5. The summed E-state index contributed by atoms with van der Waals surface area (Å²) in [7, 11) is -3.29. The van der Waals surface area contributed by atoms with Crippen LogP contribution in [0.25, 0.3) is 0 Å². The lowest BCUT2D eigenvalue weighted by Crippen LogP contribution is -2.54. The normalized spacial score (nSPS) is 12.5. The first kappa shape index (κ1) is 36.1. The first-order valence-electron chi connectivity index (χ1n) is 13.8. The lowest BCUT2D eigenvalue weighted by Gasteiger charge is -2.25. The predicted molar refractivity (Wildman–Crippen MR) is 159 cm³/mol. The van der Waals surface area contributed by atoms with E-state index in [2.05, 4.69) is 27.8 Å². The van der Waals surface area contributed by atoms with Crippen LogP contribution < -0.4 is 27.0 Å². The number of carbonyl (C=O) groups is 5. The van der Waals surface area contributed by atoms with E-state index in [0.717, 1.165) is 11.0 Å². The highest BCUT2D eigenvalue weighted by atomic mass is 32.2. The minimum absolute atomic E-state index is 0.0357. The second-order valence-corrected chi connectivity index (χ2v) is 12.2. The fourth-order valence-corrected chi connectivity index (χ4v) is 4.55. The molecule has 0 saturated heterocycles. The summed E-state index contributed by atoms with van der Waals surface area (Å²) < 4.78 is 27.9. The van der Waals surface area contributed by atoms with Gasteiger partial charge in [0.2, 0.25) is 17.7 Å². The van der Waals surface area contributed by atoms with Crippen LogP contribution in [0.15, 0.2) is 36.3 Å². The second-order valence-electron chi connectivity index (χ2n) is 10.1. The van der Waals surface area contributed by atoms with Crippen molar-refractivity contribution in [1.82, 2.24) is 16.0 Å². The number of hydrogen-bond acceptors (Lipinski definition) is 8. The van der Waals surface area contributed by atoms with Gasteiger partial charge in [-0.1, -0.05) is 39.0 Å². The molecule has 14 heteroatoms. The lowest BCUT2D eigenvalue weighted by atomic mass is 10.0. The molecule has 1 rings (SSSR count). The Morgan fingerprint density at radius 2 is 1.64 bits per heavy atom. The number of nitrogens with one attached hydrogen (secondary N) is 4. The van der Waals surface area contributed by atoms with Crippen LogP contribution in [0.5, 0.6) is 0 Å². The minimum Gasteiger partial charge on any atom is -0.461 e. The number of esters is 1. The van der Waals surface area contributed by atoms with E-state index in [1.54, 1.807) is 38.1 Å². The van der Waals surface area contributed by atoms with Crippen molar-refractivity contribution in [2.75, 3.05) is 17.6 Å². The molecular formula is C28H43N5O8S. The molecule has 2 atom stereocenters. The van der Waals surface area contributed by atoms with Crippen molar-refractivity contribution in [1.29, 1.82) is 0 Å². The third-order valence-corrected chi connectivity index (χ3v) is 7.48. The molecule has 0 aliphatic rings. The molecule has 13 nitrogen and oxygen atoms in total. The van der Waals surface area contributed by atoms with Crippen molar-refractivity contribution in [2.45, 2.75) is 78.0 Å². The van der Waals surface area contributed by atoms with Crippen molar-refractivity contribution in [3.63, 3.8) is 0 Å². The van der Waals surface area contributed by atoms with Gasteiger partial charge in [0, 0.05) is 31.0 Å². The second kappa shape index (κ2) is 18.5. The van der Waals surface area contributed by atoms with Crippen LogP contribution in [0.3, 0.4) is 0 Å². The van der Waals surface area contributed by atoms with E-state index in [-0.39, 0.29) is 43.6 Å². The smallest absolute Gasteiger partial charge is 0.312 e. The van der Waals surface area contributed by atoms with Crippen molar-refractivity contribution in [3.05, 3.63) is 41.8 Å². The van der Waals surface area contributed by atoms with Crippen LogP contribution in [0, 0.1) is 5.92 Å². The number of ether oxygens (including phenoxy) is 1.